The van der Waals surface area contributed by atoms with Crippen molar-refractivity contribution in [3.63, 3.8) is 0 Å². The number of sulfonamides is 1. The summed E-state index contributed by atoms with van der Waals surface area (Å²) in [5.41, 5.74) is 1.57. The van der Waals surface area contributed by atoms with Crippen LogP contribution in [0.2, 0.25) is 0 Å². The Morgan fingerprint density at radius 3 is 2.75 bits per heavy atom. The van der Waals surface area contributed by atoms with Crippen molar-refractivity contribution in [1.29, 1.82) is 0 Å². The number of aromatic amines is 1. The van der Waals surface area contributed by atoms with Crippen LogP contribution in [0.5, 0.6) is 0 Å². The van der Waals surface area contributed by atoms with Gasteiger partial charge in [-0.1, -0.05) is 5.16 Å². The van der Waals surface area contributed by atoms with Crippen molar-refractivity contribution >= 4 is 32.2 Å². The van der Waals surface area contributed by atoms with Crippen LogP contribution in [-0.4, -0.2) is 34.5 Å². The number of thiazole rings is 1. The van der Waals surface area contributed by atoms with Crippen LogP contribution in [-0.2, 0) is 10.0 Å². The lowest BCUT2D eigenvalue weighted by atomic mass is 10.3. The Balaban J connectivity index is 2.32. The maximum absolute atomic E-state index is 12.3. The second kappa shape index (κ2) is 5.21. The molecule has 20 heavy (non-hydrogen) atoms. The minimum Gasteiger partial charge on any atom is -0.411 e. The maximum atomic E-state index is 12.3. The number of hydrogen-bond acceptors (Lipinski definition) is 7. The summed E-state index contributed by atoms with van der Waals surface area (Å²) in [6.45, 7) is 4.80. The Bertz CT molecular complexity index is 740. The fraction of sp³-hybridized carbons (Fsp3) is 0.300. The number of rotatable bonds is 4. The second-order valence-corrected chi connectivity index (χ2v) is 6.57. The minimum absolute atomic E-state index is 0.113. The molecule has 0 bridgehead atoms. The molecule has 0 spiro atoms. The average molecular weight is 315 g/mol. The monoisotopic (exact) mass is 315 g/mol. The number of hydrogen-bond donors (Lipinski definition) is 3. The Morgan fingerprint density at radius 2 is 2.20 bits per heavy atom. The molecule has 0 amide bonds. The van der Waals surface area contributed by atoms with Crippen molar-refractivity contribution in [3.05, 3.63) is 22.5 Å². The summed E-state index contributed by atoms with van der Waals surface area (Å²) >= 11 is 1.11. The van der Waals surface area contributed by atoms with Gasteiger partial charge in [0.05, 0.1) is 11.4 Å². The van der Waals surface area contributed by atoms with Crippen LogP contribution >= 0.6 is 11.3 Å². The molecule has 0 saturated carbocycles. The fourth-order valence-corrected chi connectivity index (χ4v) is 4.02. The number of aryl methyl sites for hydroxylation is 2. The second-order valence-electron chi connectivity index (χ2n) is 4.09. The molecular weight excluding hydrogens is 302 g/mol. The van der Waals surface area contributed by atoms with Crippen molar-refractivity contribution in [1.82, 2.24) is 15.2 Å². The predicted molar refractivity (Wildman–Crippen MR) is 75.0 cm³/mol. The lowest BCUT2D eigenvalue weighted by molar-refractivity contribution is 0.319. The molecule has 2 aromatic rings. The van der Waals surface area contributed by atoms with Crippen LogP contribution < -0.4 is 4.72 Å². The molecule has 108 valence electrons. The normalized spacial score (nSPS) is 12.7. The number of aromatic nitrogens is 3. The first-order valence-corrected chi connectivity index (χ1v) is 7.90. The third-order valence-electron chi connectivity index (χ3n) is 2.58. The van der Waals surface area contributed by atoms with E-state index in [1.165, 1.54) is 0 Å². The molecule has 0 radical (unpaired) electrons. The van der Waals surface area contributed by atoms with Crippen molar-refractivity contribution < 1.29 is 13.6 Å². The lowest BCUT2D eigenvalue weighted by Crippen LogP contribution is -2.14. The Morgan fingerprint density at radius 1 is 1.50 bits per heavy atom. The third kappa shape index (κ3) is 2.65. The van der Waals surface area contributed by atoms with Gasteiger partial charge in [0.1, 0.15) is 16.3 Å². The maximum Gasteiger partial charge on any atom is 0.267 e. The van der Waals surface area contributed by atoms with Crippen molar-refractivity contribution in [3.8, 4) is 0 Å². The predicted octanol–water partition coefficient (Wildman–Crippen LogP) is 1.48. The quantitative estimate of drug-likeness (QED) is 0.448. The number of anilines is 1. The fourth-order valence-electron chi connectivity index (χ4n) is 1.64. The molecule has 0 aliphatic carbocycles. The van der Waals surface area contributed by atoms with E-state index in [9.17, 15) is 8.42 Å². The van der Waals surface area contributed by atoms with Crippen LogP contribution in [0.15, 0.2) is 15.4 Å². The van der Waals surface area contributed by atoms with E-state index >= 15 is 0 Å². The van der Waals surface area contributed by atoms with Gasteiger partial charge in [0.15, 0.2) is 5.13 Å². The molecule has 0 saturated heterocycles. The van der Waals surface area contributed by atoms with E-state index in [1.807, 2.05) is 0 Å². The molecule has 2 aromatic heterocycles. The smallest absolute Gasteiger partial charge is 0.267 e. The molecular formula is C10H13N5O3S2. The van der Waals surface area contributed by atoms with Gasteiger partial charge in [0, 0.05) is 5.38 Å². The Labute approximate surface area is 119 Å². The zero-order chi connectivity index (χ0) is 14.9. The number of nitrogens with one attached hydrogen (secondary N) is 2. The van der Waals surface area contributed by atoms with Crippen molar-refractivity contribution in [2.24, 2.45) is 5.16 Å². The van der Waals surface area contributed by atoms with Gasteiger partial charge in [0.25, 0.3) is 10.0 Å². The summed E-state index contributed by atoms with van der Waals surface area (Å²) in [5, 5.41) is 19.9. The van der Waals surface area contributed by atoms with Crippen LogP contribution in [0.3, 0.4) is 0 Å². The highest BCUT2D eigenvalue weighted by molar-refractivity contribution is 7.93. The van der Waals surface area contributed by atoms with E-state index in [0.717, 1.165) is 11.3 Å². The highest BCUT2D eigenvalue weighted by atomic mass is 32.2. The van der Waals surface area contributed by atoms with E-state index in [2.05, 4.69) is 25.1 Å². The van der Waals surface area contributed by atoms with Gasteiger partial charge in [-0.3, -0.25) is 9.82 Å². The molecule has 10 heteroatoms. The Hall–Kier alpha value is -1.94. The van der Waals surface area contributed by atoms with Crippen LogP contribution in [0.25, 0.3) is 0 Å². The van der Waals surface area contributed by atoms with Gasteiger partial charge in [-0.25, -0.2) is 13.4 Å². The molecule has 0 aliphatic heterocycles. The molecule has 3 N–H and O–H groups in total. The van der Waals surface area contributed by atoms with E-state index < -0.39 is 10.0 Å². The molecule has 0 unspecified atom stereocenters. The SMILES string of the molecule is CC(=NO)c1csc(NS(=O)(=O)c2c(C)n[nH]c2C)n1. The number of H-pyrrole nitrogens is 1. The van der Waals surface area contributed by atoms with Gasteiger partial charge >= 0.3 is 0 Å². The van der Waals surface area contributed by atoms with E-state index in [1.54, 1.807) is 26.2 Å². The number of nitrogens with zero attached hydrogens (tertiary/aromatic N) is 3. The third-order valence-corrected chi connectivity index (χ3v) is 5.06. The highest BCUT2D eigenvalue weighted by Crippen LogP contribution is 2.23. The van der Waals surface area contributed by atoms with E-state index in [4.69, 9.17) is 5.21 Å². The van der Waals surface area contributed by atoms with E-state index in [0.29, 0.717) is 22.8 Å². The van der Waals surface area contributed by atoms with Crippen LogP contribution in [0.4, 0.5) is 5.13 Å². The molecule has 8 nitrogen and oxygen atoms in total. The minimum atomic E-state index is -3.75. The molecule has 0 aromatic carbocycles. The van der Waals surface area contributed by atoms with Gasteiger partial charge in [-0.2, -0.15) is 5.10 Å². The van der Waals surface area contributed by atoms with Gasteiger partial charge in [-0.05, 0) is 20.8 Å². The molecule has 0 atom stereocenters. The van der Waals surface area contributed by atoms with Gasteiger partial charge in [-0.15, -0.1) is 11.3 Å². The van der Waals surface area contributed by atoms with Crippen molar-refractivity contribution in [2.45, 2.75) is 25.7 Å². The summed E-state index contributed by atoms with van der Waals surface area (Å²) in [5.74, 6) is 0. The summed E-state index contributed by atoms with van der Waals surface area (Å²) < 4.78 is 26.9. The summed E-state index contributed by atoms with van der Waals surface area (Å²) in [6.07, 6.45) is 0. The van der Waals surface area contributed by atoms with Crippen LogP contribution in [0.1, 0.15) is 24.0 Å². The molecule has 2 rings (SSSR count). The first-order valence-electron chi connectivity index (χ1n) is 5.54. The zero-order valence-electron chi connectivity index (χ0n) is 11.0. The Kier molecular flexibility index (Phi) is 3.77. The van der Waals surface area contributed by atoms with Gasteiger partial charge in [0.2, 0.25) is 0 Å². The number of oxime groups is 1. The molecule has 0 fully saturated rings. The summed E-state index contributed by atoms with van der Waals surface area (Å²) in [6, 6.07) is 0. The zero-order valence-corrected chi connectivity index (χ0v) is 12.6. The standard InChI is InChI=1S/C10H13N5O3S2/c1-5(14-16)8-4-19-10(11-8)15-20(17,18)9-6(2)12-13-7(9)3/h4,16H,1-3H3,(H,11,15)(H,12,13). The highest BCUT2D eigenvalue weighted by Gasteiger charge is 2.23. The average Bonchev–Trinajstić information content (AvgIpc) is 2.95. The first-order chi connectivity index (χ1) is 9.35. The first kappa shape index (κ1) is 14.5. The largest absolute Gasteiger partial charge is 0.411 e. The van der Waals surface area contributed by atoms with Crippen molar-refractivity contribution in [2.75, 3.05) is 4.72 Å². The molecule has 2 heterocycles. The molecule has 0 aliphatic rings. The van der Waals surface area contributed by atoms with Gasteiger partial charge < -0.3 is 5.21 Å². The lowest BCUT2D eigenvalue weighted by Gasteiger charge is -2.04. The topological polar surface area (TPSA) is 120 Å². The van der Waals surface area contributed by atoms with E-state index in [-0.39, 0.29) is 10.0 Å². The summed E-state index contributed by atoms with van der Waals surface area (Å²) in [7, 11) is -3.75. The summed E-state index contributed by atoms with van der Waals surface area (Å²) in [4.78, 5) is 4.16. The van der Waals surface area contributed by atoms with Crippen LogP contribution in [0, 0.1) is 13.8 Å².